The fourth-order valence-electron chi connectivity index (χ4n) is 2.49. The van der Waals surface area contributed by atoms with Crippen molar-refractivity contribution in [3.05, 3.63) is 29.8 Å². The summed E-state index contributed by atoms with van der Waals surface area (Å²) in [4.78, 5) is 0. The van der Waals surface area contributed by atoms with E-state index in [1.165, 1.54) is 24.8 Å². The minimum absolute atomic E-state index is 0.233. The van der Waals surface area contributed by atoms with Crippen LogP contribution in [0.1, 0.15) is 52.5 Å². The summed E-state index contributed by atoms with van der Waals surface area (Å²) in [7, 11) is 0. The number of phenolic OH excluding ortho intramolecular Hbond substituents is 1. The van der Waals surface area contributed by atoms with Crippen molar-refractivity contribution in [1.29, 1.82) is 0 Å². The highest BCUT2D eigenvalue weighted by Crippen LogP contribution is 2.38. The Morgan fingerprint density at radius 2 is 1.75 bits per heavy atom. The van der Waals surface area contributed by atoms with Crippen molar-refractivity contribution in [2.24, 2.45) is 5.92 Å². The van der Waals surface area contributed by atoms with Crippen LogP contribution in [0.5, 0.6) is 5.75 Å². The van der Waals surface area contributed by atoms with Crippen LogP contribution in [0.2, 0.25) is 0 Å². The highest BCUT2D eigenvalue weighted by molar-refractivity contribution is 5.31. The zero-order chi connectivity index (χ0) is 12.2. The van der Waals surface area contributed by atoms with Gasteiger partial charge in [0, 0.05) is 0 Å². The Labute approximate surface area is 99.5 Å². The average molecular weight is 220 g/mol. The Balaban J connectivity index is 3.05. The summed E-state index contributed by atoms with van der Waals surface area (Å²) < 4.78 is 0. The standard InChI is InChI=1S/C15H24O/c1-5-11-15(4,12(3)6-2)13-7-9-14(16)10-8-13/h7-10,12,16H,5-6,11H2,1-4H3. The van der Waals surface area contributed by atoms with Gasteiger partial charge in [0.2, 0.25) is 0 Å². The van der Waals surface area contributed by atoms with Crippen LogP contribution in [0.3, 0.4) is 0 Å². The van der Waals surface area contributed by atoms with E-state index in [0.717, 1.165) is 0 Å². The van der Waals surface area contributed by atoms with Gasteiger partial charge in [-0.3, -0.25) is 0 Å². The molecule has 0 heterocycles. The van der Waals surface area contributed by atoms with Gasteiger partial charge < -0.3 is 5.11 Å². The average Bonchev–Trinajstić information content (AvgIpc) is 2.29. The molecule has 90 valence electrons. The quantitative estimate of drug-likeness (QED) is 0.774. The van der Waals surface area contributed by atoms with Crippen molar-refractivity contribution in [1.82, 2.24) is 0 Å². The molecule has 0 aromatic heterocycles. The monoisotopic (exact) mass is 220 g/mol. The molecular formula is C15H24O. The van der Waals surface area contributed by atoms with E-state index in [1.807, 2.05) is 0 Å². The van der Waals surface area contributed by atoms with Crippen LogP contribution in [-0.2, 0) is 5.41 Å². The van der Waals surface area contributed by atoms with Gasteiger partial charge >= 0.3 is 0 Å². The number of phenols is 1. The maximum Gasteiger partial charge on any atom is 0.115 e. The van der Waals surface area contributed by atoms with Crippen molar-refractivity contribution < 1.29 is 5.11 Å². The second-order valence-corrected chi connectivity index (χ2v) is 5.02. The number of rotatable bonds is 5. The van der Waals surface area contributed by atoms with Crippen molar-refractivity contribution >= 4 is 0 Å². The minimum atomic E-state index is 0.233. The molecule has 1 aromatic carbocycles. The zero-order valence-electron chi connectivity index (χ0n) is 11.0. The summed E-state index contributed by atoms with van der Waals surface area (Å²) >= 11 is 0. The van der Waals surface area contributed by atoms with Crippen LogP contribution in [0.15, 0.2) is 24.3 Å². The summed E-state index contributed by atoms with van der Waals surface area (Å²) in [6.07, 6.45) is 3.59. The smallest absolute Gasteiger partial charge is 0.115 e. The molecule has 0 amide bonds. The Bertz CT molecular complexity index is 315. The first-order valence-corrected chi connectivity index (χ1v) is 6.34. The second kappa shape index (κ2) is 5.38. The largest absolute Gasteiger partial charge is 0.508 e. The Hall–Kier alpha value is -0.980. The zero-order valence-corrected chi connectivity index (χ0v) is 11.0. The molecule has 0 saturated carbocycles. The highest BCUT2D eigenvalue weighted by atomic mass is 16.3. The van der Waals surface area contributed by atoms with E-state index in [2.05, 4.69) is 39.8 Å². The van der Waals surface area contributed by atoms with Gasteiger partial charge in [-0.25, -0.2) is 0 Å². The number of aromatic hydroxyl groups is 1. The Morgan fingerprint density at radius 1 is 1.19 bits per heavy atom. The summed E-state index contributed by atoms with van der Waals surface area (Å²) in [5, 5.41) is 9.35. The molecule has 1 nitrogen and oxygen atoms in total. The highest BCUT2D eigenvalue weighted by Gasteiger charge is 2.30. The maximum atomic E-state index is 9.35. The molecule has 0 saturated heterocycles. The summed E-state index contributed by atoms with van der Waals surface area (Å²) in [6.45, 7) is 9.15. The third-order valence-electron chi connectivity index (χ3n) is 4.00. The molecule has 2 unspecified atom stereocenters. The lowest BCUT2D eigenvalue weighted by atomic mass is 9.69. The molecule has 0 fully saturated rings. The van der Waals surface area contributed by atoms with Crippen LogP contribution in [-0.4, -0.2) is 5.11 Å². The molecular weight excluding hydrogens is 196 g/mol. The van der Waals surface area contributed by atoms with E-state index in [-0.39, 0.29) is 5.41 Å². The van der Waals surface area contributed by atoms with Crippen LogP contribution in [0.4, 0.5) is 0 Å². The predicted molar refractivity (Wildman–Crippen MR) is 69.8 cm³/mol. The fourth-order valence-corrected chi connectivity index (χ4v) is 2.49. The van der Waals surface area contributed by atoms with Gasteiger partial charge in [-0.1, -0.05) is 52.7 Å². The van der Waals surface area contributed by atoms with Gasteiger partial charge in [0.15, 0.2) is 0 Å². The van der Waals surface area contributed by atoms with E-state index < -0.39 is 0 Å². The van der Waals surface area contributed by atoms with E-state index in [0.29, 0.717) is 11.7 Å². The lowest BCUT2D eigenvalue weighted by molar-refractivity contribution is 0.282. The lowest BCUT2D eigenvalue weighted by Gasteiger charge is -2.36. The third-order valence-corrected chi connectivity index (χ3v) is 4.00. The third kappa shape index (κ3) is 2.58. The van der Waals surface area contributed by atoms with E-state index in [4.69, 9.17) is 0 Å². The van der Waals surface area contributed by atoms with Crippen LogP contribution in [0, 0.1) is 5.92 Å². The topological polar surface area (TPSA) is 20.2 Å². The number of hydrogen-bond donors (Lipinski definition) is 1. The van der Waals surface area contributed by atoms with Gasteiger partial charge in [0.1, 0.15) is 5.75 Å². The van der Waals surface area contributed by atoms with E-state index >= 15 is 0 Å². The van der Waals surface area contributed by atoms with Crippen molar-refractivity contribution in [2.75, 3.05) is 0 Å². The molecule has 0 spiro atoms. The fraction of sp³-hybridized carbons (Fsp3) is 0.600. The van der Waals surface area contributed by atoms with Gasteiger partial charge in [-0.05, 0) is 35.4 Å². The molecule has 0 bridgehead atoms. The SMILES string of the molecule is CCCC(C)(c1ccc(O)cc1)C(C)CC. The van der Waals surface area contributed by atoms with Crippen LogP contribution < -0.4 is 0 Å². The molecule has 0 aliphatic rings. The Kier molecular flexibility index (Phi) is 4.40. The van der Waals surface area contributed by atoms with Gasteiger partial charge in [-0.2, -0.15) is 0 Å². The lowest BCUT2D eigenvalue weighted by Crippen LogP contribution is -2.29. The first-order valence-electron chi connectivity index (χ1n) is 6.34. The first-order chi connectivity index (χ1) is 7.54. The molecule has 0 aliphatic carbocycles. The van der Waals surface area contributed by atoms with Crippen LogP contribution in [0.25, 0.3) is 0 Å². The van der Waals surface area contributed by atoms with Gasteiger partial charge in [0.05, 0.1) is 0 Å². The van der Waals surface area contributed by atoms with Crippen LogP contribution >= 0.6 is 0 Å². The van der Waals surface area contributed by atoms with Gasteiger partial charge in [0.25, 0.3) is 0 Å². The first kappa shape index (κ1) is 13.1. The molecule has 0 aliphatic heterocycles. The molecule has 1 aromatic rings. The molecule has 1 N–H and O–H groups in total. The molecule has 1 heteroatoms. The molecule has 0 radical (unpaired) electrons. The minimum Gasteiger partial charge on any atom is -0.508 e. The van der Waals surface area contributed by atoms with Gasteiger partial charge in [-0.15, -0.1) is 0 Å². The summed E-state index contributed by atoms with van der Waals surface area (Å²) in [6, 6.07) is 7.73. The maximum absolute atomic E-state index is 9.35. The molecule has 2 atom stereocenters. The Morgan fingerprint density at radius 3 is 2.19 bits per heavy atom. The van der Waals surface area contributed by atoms with E-state index in [1.54, 1.807) is 12.1 Å². The normalized spacial score (nSPS) is 16.8. The van der Waals surface area contributed by atoms with Crippen molar-refractivity contribution in [3.8, 4) is 5.75 Å². The second-order valence-electron chi connectivity index (χ2n) is 5.02. The predicted octanol–water partition coefficient (Wildman–Crippen LogP) is 4.50. The summed E-state index contributed by atoms with van der Waals surface area (Å²) in [5.41, 5.74) is 1.58. The number of benzene rings is 1. The van der Waals surface area contributed by atoms with Crippen molar-refractivity contribution in [2.45, 2.75) is 52.4 Å². The summed E-state index contributed by atoms with van der Waals surface area (Å²) in [5.74, 6) is 1.02. The number of hydrogen-bond acceptors (Lipinski definition) is 1. The van der Waals surface area contributed by atoms with Crippen molar-refractivity contribution in [3.63, 3.8) is 0 Å². The molecule has 16 heavy (non-hydrogen) atoms. The molecule has 1 rings (SSSR count). The van der Waals surface area contributed by atoms with E-state index in [9.17, 15) is 5.11 Å².